The lowest BCUT2D eigenvalue weighted by Crippen LogP contribution is -2.06. The molecule has 0 N–H and O–H groups in total. The maximum Gasteiger partial charge on any atom is 0.335 e. The van der Waals surface area contributed by atoms with Gasteiger partial charge in [-0.3, -0.25) is 4.79 Å². The Morgan fingerprint density at radius 2 is 2.09 bits per heavy atom. The van der Waals surface area contributed by atoms with E-state index in [9.17, 15) is 13.6 Å². The van der Waals surface area contributed by atoms with E-state index in [1.54, 1.807) is 7.85 Å². The first kappa shape index (κ1) is 7.92. The molecule has 4 heteroatoms. The maximum atomic E-state index is 12.6. The topological polar surface area (TPSA) is 17.1 Å². The molecule has 1 aromatic rings. The number of halogens is 2. The van der Waals surface area contributed by atoms with E-state index >= 15 is 0 Å². The third kappa shape index (κ3) is 1.64. The molecule has 0 heterocycles. The van der Waals surface area contributed by atoms with Crippen LogP contribution in [0.5, 0.6) is 0 Å². The van der Waals surface area contributed by atoms with Crippen molar-refractivity contribution in [3.05, 3.63) is 29.6 Å². The minimum absolute atomic E-state index is 0.495. The van der Waals surface area contributed by atoms with E-state index in [4.69, 9.17) is 0 Å². The highest BCUT2D eigenvalue weighted by atomic mass is 19.1. The van der Waals surface area contributed by atoms with Gasteiger partial charge < -0.3 is 0 Å². The number of carbonyl (C=O) groups is 1. The molecule has 0 atom stereocenters. The van der Waals surface area contributed by atoms with E-state index in [-0.39, 0.29) is 0 Å². The van der Waals surface area contributed by atoms with Crippen LogP contribution >= 0.6 is 0 Å². The Hall–Kier alpha value is -1.19. The first-order valence-electron chi connectivity index (χ1n) is 3.07. The van der Waals surface area contributed by atoms with Gasteiger partial charge in [0.05, 0.1) is 5.56 Å². The molecule has 0 saturated carbocycles. The SMILES string of the molecule is Bc1ccc(F)c(C(=O)F)c1. The van der Waals surface area contributed by atoms with Gasteiger partial charge in [0.1, 0.15) is 13.7 Å². The summed E-state index contributed by atoms with van der Waals surface area (Å²) in [6.45, 7) is 0. The summed E-state index contributed by atoms with van der Waals surface area (Å²) in [4.78, 5) is 10.1. The number of benzene rings is 1. The Kier molecular flexibility index (Phi) is 2.03. The average Bonchev–Trinajstić information content (AvgIpc) is 1.94. The van der Waals surface area contributed by atoms with Gasteiger partial charge in [-0.25, -0.2) is 4.39 Å². The van der Waals surface area contributed by atoms with Crippen LogP contribution in [0.15, 0.2) is 18.2 Å². The Morgan fingerprint density at radius 1 is 1.45 bits per heavy atom. The molecule has 0 fully saturated rings. The van der Waals surface area contributed by atoms with Crippen LogP contribution in [0.4, 0.5) is 8.78 Å². The second kappa shape index (κ2) is 2.82. The molecule has 0 aliphatic heterocycles. The fourth-order valence-corrected chi connectivity index (χ4v) is 0.790. The molecule has 1 rings (SSSR count). The molecule has 0 aliphatic rings. The number of hydrogen-bond donors (Lipinski definition) is 0. The van der Waals surface area contributed by atoms with Crippen LogP contribution in [-0.2, 0) is 0 Å². The van der Waals surface area contributed by atoms with Gasteiger partial charge >= 0.3 is 6.04 Å². The molecule has 1 aromatic carbocycles. The quantitative estimate of drug-likeness (QED) is 0.416. The predicted octanol–water partition coefficient (Wildman–Crippen LogP) is 0.194. The van der Waals surface area contributed by atoms with Crippen LogP contribution in [0.2, 0.25) is 0 Å². The second-order valence-electron chi connectivity index (χ2n) is 2.26. The van der Waals surface area contributed by atoms with Crippen molar-refractivity contribution < 1.29 is 13.6 Å². The van der Waals surface area contributed by atoms with E-state index in [1.165, 1.54) is 12.1 Å². The molecule has 56 valence electrons. The summed E-state index contributed by atoms with van der Waals surface area (Å²) >= 11 is 0. The lowest BCUT2D eigenvalue weighted by atomic mass is 9.94. The van der Waals surface area contributed by atoms with Crippen LogP contribution in [0.1, 0.15) is 10.4 Å². The van der Waals surface area contributed by atoms with Gasteiger partial charge in [-0.2, -0.15) is 4.39 Å². The van der Waals surface area contributed by atoms with E-state index < -0.39 is 17.4 Å². The van der Waals surface area contributed by atoms with Crippen molar-refractivity contribution in [3.63, 3.8) is 0 Å². The van der Waals surface area contributed by atoms with Crippen molar-refractivity contribution in [3.8, 4) is 0 Å². The molecule has 0 unspecified atom stereocenters. The zero-order chi connectivity index (χ0) is 8.43. The molecule has 0 radical (unpaired) electrons. The number of rotatable bonds is 1. The summed E-state index contributed by atoms with van der Waals surface area (Å²) in [6.07, 6.45) is 0. The highest BCUT2D eigenvalue weighted by Gasteiger charge is 2.09. The van der Waals surface area contributed by atoms with Crippen molar-refractivity contribution in [1.82, 2.24) is 0 Å². The second-order valence-corrected chi connectivity index (χ2v) is 2.26. The first-order chi connectivity index (χ1) is 5.11. The zero-order valence-electron chi connectivity index (χ0n) is 5.90. The standard InChI is InChI=1S/C7H5BF2O/c8-4-1-2-6(9)5(3-4)7(10)11/h1-3H,8H2. The van der Waals surface area contributed by atoms with E-state index in [1.807, 2.05) is 0 Å². The molecule has 0 spiro atoms. The molecule has 0 aliphatic carbocycles. The first-order valence-corrected chi connectivity index (χ1v) is 3.07. The molecule has 11 heavy (non-hydrogen) atoms. The van der Waals surface area contributed by atoms with Crippen LogP contribution in [-0.4, -0.2) is 13.9 Å². The van der Waals surface area contributed by atoms with Gasteiger partial charge in [-0.05, 0) is 6.07 Å². The Labute approximate surface area is 63.4 Å². The Bertz CT molecular complexity index is 298. The lowest BCUT2D eigenvalue weighted by Gasteiger charge is -1.96. The lowest BCUT2D eigenvalue weighted by molar-refractivity contribution is 0.0831. The van der Waals surface area contributed by atoms with Gasteiger partial charge in [-0.1, -0.05) is 17.6 Å². The summed E-state index contributed by atoms with van der Waals surface area (Å²) in [5.41, 5.74) is 0.164. The van der Waals surface area contributed by atoms with Gasteiger partial charge in [0.25, 0.3) is 0 Å². The summed E-state index contributed by atoms with van der Waals surface area (Å²) < 4.78 is 24.6. The van der Waals surface area contributed by atoms with E-state index in [0.29, 0.717) is 5.46 Å². The zero-order valence-corrected chi connectivity index (χ0v) is 5.90. The molecular formula is C7H5BF2O. The molecule has 1 nitrogen and oxygen atoms in total. The average molecular weight is 154 g/mol. The van der Waals surface area contributed by atoms with Crippen molar-refractivity contribution in [2.45, 2.75) is 0 Å². The number of carbonyl (C=O) groups excluding carboxylic acids is 1. The summed E-state index contributed by atoms with van der Waals surface area (Å²) in [5.74, 6) is -0.817. The number of hydrogen-bond acceptors (Lipinski definition) is 1. The Morgan fingerprint density at radius 3 is 2.55 bits per heavy atom. The summed E-state index contributed by atoms with van der Waals surface area (Å²) in [7, 11) is 1.66. The normalized spacial score (nSPS) is 9.64. The summed E-state index contributed by atoms with van der Waals surface area (Å²) in [5, 5.41) is 0. The van der Waals surface area contributed by atoms with Crippen LogP contribution in [0, 0.1) is 5.82 Å². The van der Waals surface area contributed by atoms with Crippen molar-refractivity contribution in [1.29, 1.82) is 0 Å². The Balaban J connectivity index is 3.23. The third-order valence-electron chi connectivity index (χ3n) is 1.33. The summed E-state index contributed by atoms with van der Waals surface area (Å²) in [6, 6.07) is 1.99. The fraction of sp³-hybridized carbons (Fsp3) is 0. The predicted molar refractivity (Wildman–Crippen MR) is 40.0 cm³/mol. The van der Waals surface area contributed by atoms with Crippen molar-refractivity contribution >= 4 is 19.3 Å². The maximum absolute atomic E-state index is 12.6. The van der Waals surface area contributed by atoms with Gasteiger partial charge in [0, 0.05) is 0 Å². The highest BCUT2D eigenvalue weighted by molar-refractivity contribution is 6.32. The van der Waals surface area contributed by atoms with Gasteiger partial charge in [0.2, 0.25) is 0 Å². The fourth-order valence-electron chi connectivity index (χ4n) is 0.790. The molecule has 0 bridgehead atoms. The minimum Gasteiger partial charge on any atom is -0.255 e. The van der Waals surface area contributed by atoms with Gasteiger partial charge in [0.15, 0.2) is 0 Å². The molecule has 0 amide bonds. The van der Waals surface area contributed by atoms with Gasteiger partial charge in [-0.15, -0.1) is 0 Å². The minimum atomic E-state index is -1.73. The van der Waals surface area contributed by atoms with Crippen LogP contribution in [0.3, 0.4) is 0 Å². The molecule has 0 aromatic heterocycles. The van der Waals surface area contributed by atoms with Crippen LogP contribution in [0.25, 0.3) is 0 Å². The van der Waals surface area contributed by atoms with E-state index in [2.05, 4.69) is 0 Å². The van der Waals surface area contributed by atoms with Crippen molar-refractivity contribution in [2.75, 3.05) is 0 Å². The molecular weight excluding hydrogens is 149 g/mol. The highest BCUT2D eigenvalue weighted by Crippen LogP contribution is 2.05. The third-order valence-corrected chi connectivity index (χ3v) is 1.33. The van der Waals surface area contributed by atoms with Crippen molar-refractivity contribution in [2.24, 2.45) is 0 Å². The van der Waals surface area contributed by atoms with E-state index in [0.717, 1.165) is 6.07 Å². The largest absolute Gasteiger partial charge is 0.335 e. The molecule has 0 saturated heterocycles. The monoisotopic (exact) mass is 154 g/mol. The smallest absolute Gasteiger partial charge is 0.255 e. The van der Waals surface area contributed by atoms with Crippen LogP contribution < -0.4 is 5.46 Å².